The number of anilines is 2. The normalized spacial score (nSPS) is 14.9. The molecule has 0 aromatic heterocycles. The fourth-order valence-corrected chi connectivity index (χ4v) is 4.87. The van der Waals surface area contributed by atoms with Crippen molar-refractivity contribution in [1.82, 2.24) is 4.90 Å². The molecule has 1 N–H and O–H groups in total. The van der Waals surface area contributed by atoms with E-state index in [-0.39, 0.29) is 24.8 Å². The highest BCUT2D eigenvalue weighted by atomic mass is 35.5. The van der Waals surface area contributed by atoms with Gasteiger partial charge in [-0.2, -0.15) is 0 Å². The summed E-state index contributed by atoms with van der Waals surface area (Å²) in [6.45, 7) is 2.44. The second-order valence-corrected chi connectivity index (χ2v) is 9.60. The highest BCUT2D eigenvalue weighted by molar-refractivity contribution is 7.80. The Morgan fingerprint density at radius 3 is 2.41 bits per heavy atom. The van der Waals surface area contributed by atoms with E-state index in [2.05, 4.69) is 5.32 Å². The molecule has 1 heterocycles. The summed E-state index contributed by atoms with van der Waals surface area (Å²) in [5.41, 5.74) is 2.46. The first kappa shape index (κ1) is 28.1. The van der Waals surface area contributed by atoms with E-state index >= 15 is 0 Å². The fraction of sp³-hybridized carbons (Fsp3) is 0.241. The van der Waals surface area contributed by atoms with Gasteiger partial charge in [0.15, 0.2) is 5.11 Å². The van der Waals surface area contributed by atoms with Gasteiger partial charge in [-0.15, -0.1) is 0 Å². The van der Waals surface area contributed by atoms with Gasteiger partial charge >= 0.3 is 5.97 Å². The number of ether oxygens (including phenoxy) is 2. The second-order valence-electron chi connectivity index (χ2n) is 8.79. The Bertz CT molecular complexity index is 1360. The number of carbonyl (C=O) groups is 3. The number of rotatable bonds is 10. The molecule has 39 heavy (non-hydrogen) atoms. The molecular formula is C29H28ClN3O5S. The average molecular weight is 566 g/mol. The predicted octanol–water partition coefficient (Wildman–Crippen LogP) is 5.10. The molecular weight excluding hydrogens is 538 g/mol. The first-order valence-electron chi connectivity index (χ1n) is 12.4. The zero-order valence-electron chi connectivity index (χ0n) is 21.6. The molecule has 0 unspecified atom stereocenters. The smallest absolute Gasteiger partial charge is 0.338 e. The zero-order valence-corrected chi connectivity index (χ0v) is 23.1. The highest BCUT2D eigenvalue weighted by Gasteiger charge is 2.44. The molecule has 202 valence electrons. The molecule has 1 aliphatic rings. The van der Waals surface area contributed by atoms with Crippen molar-refractivity contribution in [3.8, 4) is 5.75 Å². The second kappa shape index (κ2) is 12.7. The Morgan fingerprint density at radius 2 is 1.77 bits per heavy atom. The summed E-state index contributed by atoms with van der Waals surface area (Å²) >= 11 is 11.9. The molecule has 3 aromatic carbocycles. The number of esters is 1. The van der Waals surface area contributed by atoms with Crippen molar-refractivity contribution in [2.75, 3.05) is 30.5 Å². The Balaban J connectivity index is 1.51. The van der Waals surface area contributed by atoms with Crippen LogP contribution in [0.4, 0.5) is 11.4 Å². The van der Waals surface area contributed by atoms with Gasteiger partial charge < -0.3 is 19.7 Å². The molecule has 10 heteroatoms. The van der Waals surface area contributed by atoms with Gasteiger partial charge in [-0.1, -0.05) is 29.8 Å². The number of carbonyl (C=O) groups excluding carboxylic acids is 3. The molecule has 0 aliphatic carbocycles. The van der Waals surface area contributed by atoms with Crippen LogP contribution in [0, 0.1) is 0 Å². The minimum Gasteiger partial charge on any atom is -0.497 e. The molecule has 1 aliphatic heterocycles. The van der Waals surface area contributed by atoms with Gasteiger partial charge in [-0.25, -0.2) is 4.79 Å². The minimum absolute atomic E-state index is 0.113. The third-order valence-corrected chi connectivity index (χ3v) is 6.90. The largest absolute Gasteiger partial charge is 0.497 e. The molecule has 2 amide bonds. The third kappa shape index (κ3) is 6.74. The number of amides is 2. The molecule has 0 radical (unpaired) electrons. The summed E-state index contributed by atoms with van der Waals surface area (Å²) < 4.78 is 10.2. The molecule has 0 saturated carbocycles. The van der Waals surface area contributed by atoms with Crippen LogP contribution in [-0.4, -0.2) is 54.1 Å². The summed E-state index contributed by atoms with van der Waals surface area (Å²) in [7, 11) is 1.61. The lowest BCUT2D eigenvalue weighted by molar-refractivity contribution is -0.124. The van der Waals surface area contributed by atoms with Crippen molar-refractivity contribution >= 4 is 58.1 Å². The third-order valence-electron chi connectivity index (χ3n) is 6.24. The van der Waals surface area contributed by atoms with Crippen LogP contribution in [0.1, 0.15) is 29.3 Å². The number of halogens is 1. The van der Waals surface area contributed by atoms with Crippen LogP contribution < -0.4 is 15.0 Å². The zero-order chi connectivity index (χ0) is 27.9. The van der Waals surface area contributed by atoms with Crippen molar-refractivity contribution in [2.24, 2.45) is 0 Å². The van der Waals surface area contributed by atoms with E-state index in [0.29, 0.717) is 40.0 Å². The van der Waals surface area contributed by atoms with E-state index < -0.39 is 12.0 Å². The maximum atomic E-state index is 13.6. The Kier molecular flexibility index (Phi) is 9.16. The molecule has 1 fully saturated rings. The van der Waals surface area contributed by atoms with Crippen LogP contribution in [0.3, 0.4) is 0 Å². The average Bonchev–Trinajstić information content (AvgIpc) is 3.16. The van der Waals surface area contributed by atoms with E-state index in [1.165, 1.54) is 4.90 Å². The van der Waals surface area contributed by atoms with Gasteiger partial charge in [0.2, 0.25) is 5.91 Å². The van der Waals surface area contributed by atoms with Crippen molar-refractivity contribution < 1.29 is 23.9 Å². The van der Waals surface area contributed by atoms with Crippen LogP contribution in [0.15, 0.2) is 72.8 Å². The van der Waals surface area contributed by atoms with E-state index in [1.807, 2.05) is 24.3 Å². The van der Waals surface area contributed by atoms with Crippen molar-refractivity contribution in [1.29, 1.82) is 0 Å². The standard InChI is InChI=1S/C29H28ClN3O5S/c1-3-38-28(36)20-9-11-22(12-10-20)31-26(34)18-25-27(35)33(23-6-4-5-21(30)17-23)29(39)32(25)16-15-19-7-13-24(37-2)14-8-19/h4-14,17,25H,3,15-16,18H2,1-2H3,(H,31,34)/t25-/m0/s1. The fourth-order valence-electron chi connectivity index (χ4n) is 4.27. The van der Waals surface area contributed by atoms with Gasteiger partial charge in [-0.3, -0.25) is 14.5 Å². The highest BCUT2D eigenvalue weighted by Crippen LogP contribution is 2.29. The maximum absolute atomic E-state index is 13.6. The molecule has 8 nitrogen and oxygen atoms in total. The number of thiocarbonyl (C=S) groups is 1. The van der Waals surface area contributed by atoms with Gasteiger partial charge in [0.25, 0.3) is 5.91 Å². The van der Waals surface area contributed by atoms with Gasteiger partial charge in [0, 0.05) is 17.3 Å². The number of nitrogens with zero attached hydrogens (tertiary/aromatic N) is 2. The Morgan fingerprint density at radius 1 is 1.05 bits per heavy atom. The van der Waals surface area contributed by atoms with Crippen LogP contribution >= 0.6 is 23.8 Å². The molecule has 3 aromatic rings. The molecule has 0 bridgehead atoms. The minimum atomic E-state index is -0.798. The lowest BCUT2D eigenvalue weighted by Gasteiger charge is -2.24. The number of nitrogens with one attached hydrogen (secondary N) is 1. The van der Waals surface area contributed by atoms with E-state index in [0.717, 1.165) is 11.3 Å². The SMILES string of the molecule is CCOC(=O)c1ccc(NC(=O)C[C@H]2C(=O)N(c3cccc(Cl)c3)C(=S)N2CCc2ccc(OC)cc2)cc1. The maximum Gasteiger partial charge on any atom is 0.338 e. The number of hydrogen-bond acceptors (Lipinski definition) is 6. The molecule has 1 atom stereocenters. The summed E-state index contributed by atoms with van der Waals surface area (Å²) in [5, 5.41) is 3.59. The van der Waals surface area contributed by atoms with Gasteiger partial charge in [-0.05, 0) is 85.7 Å². The van der Waals surface area contributed by atoms with E-state index in [1.54, 1.807) is 67.5 Å². The summed E-state index contributed by atoms with van der Waals surface area (Å²) in [6, 6.07) is 20.1. The van der Waals surface area contributed by atoms with Crippen LogP contribution in [0.25, 0.3) is 0 Å². The summed E-state index contributed by atoms with van der Waals surface area (Å²) in [6.07, 6.45) is 0.493. The van der Waals surface area contributed by atoms with Crippen molar-refractivity contribution in [2.45, 2.75) is 25.8 Å². The Labute approximate surface area is 237 Å². The number of benzene rings is 3. The first-order chi connectivity index (χ1) is 18.8. The molecule has 0 spiro atoms. The van der Waals surface area contributed by atoms with E-state index in [9.17, 15) is 14.4 Å². The van der Waals surface area contributed by atoms with Crippen LogP contribution in [-0.2, 0) is 20.7 Å². The Hall–Kier alpha value is -3.95. The van der Waals surface area contributed by atoms with Crippen LogP contribution in [0.2, 0.25) is 5.02 Å². The topological polar surface area (TPSA) is 88.2 Å². The predicted molar refractivity (Wildman–Crippen MR) is 154 cm³/mol. The number of methoxy groups -OCH3 is 1. The molecule has 1 saturated heterocycles. The monoisotopic (exact) mass is 565 g/mol. The van der Waals surface area contributed by atoms with Gasteiger partial charge in [0.1, 0.15) is 11.8 Å². The number of hydrogen-bond donors (Lipinski definition) is 1. The van der Waals surface area contributed by atoms with Crippen molar-refractivity contribution in [3.63, 3.8) is 0 Å². The quantitative estimate of drug-likeness (QED) is 0.270. The van der Waals surface area contributed by atoms with Crippen molar-refractivity contribution in [3.05, 3.63) is 88.9 Å². The lowest BCUT2D eigenvalue weighted by atomic mass is 10.1. The van der Waals surface area contributed by atoms with Gasteiger partial charge in [0.05, 0.1) is 31.4 Å². The first-order valence-corrected chi connectivity index (χ1v) is 13.2. The van der Waals surface area contributed by atoms with Crippen LogP contribution in [0.5, 0.6) is 5.75 Å². The molecule has 4 rings (SSSR count). The van der Waals surface area contributed by atoms with E-state index in [4.69, 9.17) is 33.3 Å². The summed E-state index contributed by atoms with van der Waals surface area (Å²) in [4.78, 5) is 41.8. The lowest BCUT2D eigenvalue weighted by Crippen LogP contribution is -2.39. The summed E-state index contributed by atoms with van der Waals surface area (Å²) in [5.74, 6) is -0.344.